The van der Waals surface area contributed by atoms with Crippen molar-refractivity contribution in [1.82, 2.24) is 14.8 Å². The highest BCUT2D eigenvalue weighted by Gasteiger charge is 2.53. The lowest BCUT2D eigenvalue weighted by atomic mass is 9.98. The zero-order valence-corrected chi connectivity index (χ0v) is 19.0. The number of benzene rings is 1. The number of thiazole rings is 1. The number of carbonyl (C=O) groups is 3. The Bertz CT molecular complexity index is 1060. The van der Waals surface area contributed by atoms with Crippen LogP contribution in [0, 0.1) is 0 Å². The molecule has 1 aromatic heterocycles. The highest BCUT2D eigenvalue weighted by molar-refractivity contribution is 7.13. The minimum Gasteiger partial charge on any atom is -0.306 e. The fraction of sp³-hybridized carbons (Fsp3) is 0.478. The molecule has 2 aromatic rings. The van der Waals surface area contributed by atoms with Gasteiger partial charge in [-0.3, -0.25) is 24.2 Å². The topological polar surface area (TPSA) is 85.8 Å². The molecule has 168 valence electrons. The first-order chi connectivity index (χ1) is 15.5. The lowest BCUT2D eigenvalue weighted by Gasteiger charge is -2.48. The molecular weight excluding hydrogens is 426 g/mol. The average Bonchev–Trinajstić information content (AvgIpc) is 3.35. The first-order valence-electron chi connectivity index (χ1n) is 11.2. The van der Waals surface area contributed by atoms with Crippen molar-refractivity contribution < 1.29 is 14.4 Å². The Morgan fingerprint density at radius 1 is 1.19 bits per heavy atom. The Morgan fingerprint density at radius 3 is 2.78 bits per heavy atom. The van der Waals surface area contributed by atoms with Gasteiger partial charge >= 0.3 is 0 Å². The van der Waals surface area contributed by atoms with Crippen molar-refractivity contribution >= 4 is 39.9 Å². The Labute approximate surface area is 191 Å². The normalized spacial score (nSPS) is 23.3. The van der Waals surface area contributed by atoms with Crippen LogP contribution in [0.25, 0.3) is 0 Å². The maximum atomic E-state index is 13.3. The van der Waals surface area contributed by atoms with Crippen molar-refractivity contribution in [3.8, 4) is 0 Å². The molecule has 0 bridgehead atoms. The average molecular weight is 454 g/mol. The molecule has 1 aromatic carbocycles. The van der Waals surface area contributed by atoms with Crippen molar-refractivity contribution in [3.05, 3.63) is 40.9 Å². The van der Waals surface area contributed by atoms with Crippen LogP contribution < -0.4 is 10.2 Å². The number of rotatable bonds is 5. The maximum Gasteiger partial charge on any atom is 0.258 e. The molecular formula is C23H27N5O3S. The molecule has 2 saturated heterocycles. The third-order valence-electron chi connectivity index (χ3n) is 6.68. The van der Waals surface area contributed by atoms with Crippen LogP contribution in [0.1, 0.15) is 55.1 Å². The summed E-state index contributed by atoms with van der Waals surface area (Å²) < 4.78 is 0. The van der Waals surface area contributed by atoms with Crippen LogP contribution in [0.3, 0.4) is 0 Å². The molecule has 2 fully saturated rings. The zero-order valence-electron chi connectivity index (χ0n) is 18.2. The smallest absolute Gasteiger partial charge is 0.258 e. The summed E-state index contributed by atoms with van der Waals surface area (Å²) in [4.78, 5) is 49.0. The molecule has 8 nitrogen and oxygen atoms in total. The number of aromatic nitrogens is 1. The number of piperidine rings is 1. The Kier molecular flexibility index (Phi) is 5.46. The number of likely N-dealkylation sites (tertiary alicyclic amines) is 1. The van der Waals surface area contributed by atoms with Gasteiger partial charge in [0.15, 0.2) is 5.13 Å². The lowest BCUT2D eigenvalue weighted by Crippen LogP contribution is -2.63. The monoisotopic (exact) mass is 453 g/mol. The van der Waals surface area contributed by atoms with E-state index in [2.05, 4.69) is 15.2 Å². The number of nitrogens with zero attached hydrogens (tertiary/aromatic N) is 4. The van der Waals surface area contributed by atoms with E-state index in [1.54, 1.807) is 23.1 Å². The molecule has 4 heterocycles. The summed E-state index contributed by atoms with van der Waals surface area (Å²) in [6.07, 6.45) is 4.58. The molecule has 9 heteroatoms. The predicted octanol–water partition coefficient (Wildman–Crippen LogP) is 3.07. The summed E-state index contributed by atoms with van der Waals surface area (Å²) in [7, 11) is 0. The summed E-state index contributed by atoms with van der Waals surface area (Å²) in [5.74, 6) is -0.564. The molecule has 3 aliphatic rings. The lowest BCUT2D eigenvalue weighted by molar-refractivity contribution is -0.120. The fourth-order valence-electron chi connectivity index (χ4n) is 5.03. The van der Waals surface area contributed by atoms with Crippen LogP contribution in [0.4, 0.5) is 10.8 Å². The van der Waals surface area contributed by atoms with Gasteiger partial charge in [0.25, 0.3) is 5.91 Å². The van der Waals surface area contributed by atoms with Gasteiger partial charge in [-0.05, 0) is 51.4 Å². The minimum absolute atomic E-state index is 0.0277. The van der Waals surface area contributed by atoms with E-state index >= 15 is 0 Å². The van der Waals surface area contributed by atoms with Gasteiger partial charge in [0, 0.05) is 18.3 Å². The number of para-hydroxylation sites is 1. The Morgan fingerprint density at radius 2 is 1.97 bits per heavy atom. The number of carbonyl (C=O) groups excluding carboxylic acids is 3. The molecule has 1 N–H and O–H groups in total. The van der Waals surface area contributed by atoms with Gasteiger partial charge in [-0.1, -0.05) is 18.6 Å². The summed E-state index contributed by atoms with van der Waals surface area (Å²) in [6, 6.07) is 7.11. The summed E-state index contributed by atoms with van der Waals surface area (Å²) in [6.45, 7) is 4.70. The number of hydrogen-bond donors (Lipinski definition) is 1. The van der Waals surface area contributed by atoms with E-state index in [0.29, 0.717) is 29.2 Å². The number of nitrogens with one attached hydrogen (secondary N) is 1. The third-order valence-corrected chi connectivity index (χ3v) is 7.49. The van der Waals surface area contributed by atoms with Gasteiger partial charge in [-0.15, -0.1) is 11.3 Å². The number of amides is 3. The molecule has 0 spiro atoms. The van der Waals surface area contributed by atoms with Gasteiger partial charge in [0.1, 0.15) is 12.2 Å². The Balaban J connectivity index is 1.30. The molecule has 0 aliphatic carbocycles. The molecule has 5 rings (SSSR count). The second kappa shape index (κ2) is 8.29. The summed E-state index contributed by atoms with van der Waals surface area (Å²) in [5, 5.41) is 5.37. The third kappa shape index (κ3) is 3.69. The Hall–Kier alpha value is -2.78. The SMILES string of the molecule is CC12CCC(=O)N1c1ccccc1C(=O)N2CC(=O)Nc1nc(CN2CCCCC2)cs1. The highest BCUT2D eigenvalue weighted by Crippen LogP contribution is 2.43. The maximum absolute atomic E-state index is 13.3. The molecule has 1 atom stereocenters. The van der Waals surface area contributed by atoms with Crippen molar-refractivity contribution in [3.63, 3.8) is 0 Å². The van der Waals surface area contributed by atoms with E-state index < -0.39 is 5.66 Å². The van der Waals surface area contributed by atoms with Gasteiger partial charge in [-0.25, -0.2) is 4.98 Å². The number of fused-ring (bicyclic) bond motifs is 3. The van der Waals surface area contributed by atoms with Crippen LogP contribution >= 0.6 is 11.3 Å². The van der Waals surface area contributed by atoms with Crippen LogP contribution in [-0.4, -0.2) is 57.8 Å². The largest absolute Gasteiger partial charge is 0.306 e. The van der Waals surface area contributed by atoms with E-state index in [0.717, 1.165) is 25.3 Å². The van der Waals surface area contributed by atoms with E-state index in [1.165, 1.54) is 35.5 Å². The number of hydrogen-bond acceptors (Lipinski definition) is 6. The standard InChI is InChI=1S/C23H27N5O3S/c1-23-10-9-20(30)28(23)18-8-4-3-7-17(18)21(31)27(23)14-19(29)25-22-24-16(15-32-22)13-26-11-5-2-6-12-26/h3-4,7-8,15H,2,5-6,9-14H2,1H3,(H,24,25,29). The van der Waals surface area contributed by atoms with Gasteiger partial charge in [0.2, 0.25) is 11.8 Å². The van der Waals surface area contributed by atoms with Crippen LogP contribution in [0.2, 0.25) is 0 Å². The quantitative estimate of drug-likeness (QED) is 0.752. The second-order valence-electron chi connectivity index (χ2n) is 8.88. The zero-order chi connectivity index (χ0) is 22.3. The van der Waals surface area contributed by atoms with E-state index in [9.17, 15) is 14.4 Å². The molecule has 1 unspecified atom stereocenters. The van der Waals surface area contributed by atoms with Crippen LogP contribution in [0.15, 0.2) is 29.6 Å². The van der Waals surface area contributed by atoms with Crippen LogP contribution in [-0.2, 0) is 16.1 Å². The van der Waals surface area contributed by atoms with Crippen molar-refractivity contribution in [2.45, 2.75) is 51.2 Å². The van der Waals surface area contributed by atoms with Crippen molar-refractivity contribution in [2.24, 2.45) is 0 Å². The van der Waals surface area contributed by atoms with Crippen molar-refractivity contribution in [1.29, 1.82) is 0 Å². The van der Waals surface area contributed by atoms with E-state index in [-0.39, 0.29) is 24.3 Å². The molecule has 3 amide bonds. The molecule has 0 radical (unpaired) electrons. The first-order valence-corrected chi connectivity index (χ1v) is 12.0. The number of anilines is 2. The molecule has 3 aliphatic heterocycles. The first kappa shape index (κ1) is 21.1. The van der Waals surface area contributed by atoms with Crippen LogP contribution in [0.5, 0.6) is 0 Å². The van der Waals surface area contributed by atoms with Crippen molar-refractivity contribution in [2.75, 3.05) is 29.9 Å². The predicted molar refractivity (Wildman–Crippen MR) is 122 cm³/mol. The van der Waals surface area contributed by atoms with Gasteiger partial charge < -0.3 is 10.2 Å². The van der Waals surface area contributed by atoms with Gasteiger partial charge in [-0.2, -0.15) is 0 Å². The second-order valence-corrected chi connectivity index (χ2v) is 9.74. The fourth-order valence-corrected chi connectivity index (χ4v) is 5.74. The van der Waals surface area contributed by atoms with E-state index in [1.807, 2.05) is 18.4 Å². The molecule has 0 saturated carbocycles. The molecule has 32 heavy (non-hydrogen) atoms. The summed E-state index contributed by atoms with van der Waals surface area (Å²) >= 11 is 1.40. The van der Waals surface area contributed by atoms with E-state index in [4.69, 9.17) is 0 Å². The minimum atomic E-state index is -0.845. The van der Waals surface area contributed by atoms with Gasteiger partial charge in [0.05, 0.1) is 16.9 Å². The highest BCUT2D eigenvalue weighted by atomic mass is 32.1. The summed E-state index contributed by atoms with van der Waals surface area (Å²) in [5.41, 5.74) is 1.18.